The molecular weight excluding hydrogens is 246 g/mol. The molecule has 2 rings (SSSR count). The number of nitrogens with zero attached hydrogens (tertiary/aromatic N) is 3. The molecule has 0 saturated heterocycles. The fraction of sp³-hybridized carbons (Fsp3) is 0.417. The van der Waals surface area contributed by atoms with Gasteiger partial charge in [0.15, 0.2) is 5.65 Å². The molecule has 0 bridgehead atoms. The normalized spacial score (nSPS) is 12.3. The number of hydrogen-bond donors (Lipinski definition) is 3. The Morgan fingerprint density at radius 3 is 3.11 bits per heavy atom. The number of carbonyl (C=O) groups is 1. The van der Waals surface area contributed by atoms with Crippen LogP contribution in [-0.4, -0.2) is 38.4 Å². The Labute approximate surface area is 110 Å². The monoisotopic (exact) mass is 263 g/mol. The first-order valence-corrected chi connectivity index (χ1v) is 6.23. The number of rotatable bonds is 5. The van der Waals surface area contributed by atoms with Crippen LogP contribution in [0.4, 0.5) is 10.7 Å². The molecule has 0 aliphatic rings. The van der Waals surface area contributed by atoms with Gasteiger partial charge in [-0.15, -0.1) is 10.2 Å². The molecule has 1 atom stereocenters. The van der Waals surface area contributed by atoms with Crippen molar-refractivity contribution in [3.63, 3.8) is 0 Å². The highest BCUT2D eigenvalue weighted by Crippen LogP contribution is 2.06. The molecule has 0 saturated carbocycles. The molecule has 2 heterocycles. The van der Waals surface area contributed by atoms with E-state index in [0.29, 0.717) is 31.0 Å². The van der Waals surface area contributed by atoms with Crippen molar-refractivity contribution in [3.8, 4) is 0 Å². The standard InChI is InChI=1S/C12H17N5O2/c1-2-9(18)6-7-13-12(19)14-11-16-15-10-5-3-4-8-17(10)11/h3-5,8-9,18H,2,6-7H2,1H3,(H2,13,14,16,19). The Balaban J connectivity index is 1.88. The second kappa shape index (κ2) is 6.14. The molecule has 2 aromatic heterocycles. The molecule has 7 nitrogen and oxygen atoms in total. The number of fused-ring (bicyclic) bond motifs is 1. The number of anilines is 1. The molecule has 0 fully saturated rings. The van der Waals surface area contributed by atoms with Crippen molar-refractivity contribution in [2.45, 2.75) is 25.9 Å². The Morgan fingerprint density at radius 1 is 1.47 bits per heavy atom. The van der Waals surface area contributed by atoms with E-state index in [2.05, 4.69) is 20.8 Å². The van der Waals surface area contributed by atoms with Gasteiger partial charge in [-0.1, -0.05) is 13.0 Å². The van der Waals surface area contributed by atoms with Gasteiger partial charge in [-0.05, 0) is 25.0 Å². The van der Waals surface area contributed by atoms with E-state index in [-0.39, 0.29) is 12.1 Å². The summed E-state index contributed by atoms with van der Waals surface area (Å²) in [5.74, 6) is 0.365. The lowest BCUT2D eigenvalue weighted by atomic mass is 10.2. The lowest BCUT2D eigenvalue weighted by molar-refractivity contribution is 0.160. The molecule has 0 radical (unpaired) electrons. The summed E-state index contributed by atoms with van der Waals surface area (Å²) in [6.45, 7) is 2.31. The average molecular weight is 263 g/mol. The van der Waals surface area contributed by atoms with Crippen LogP contribution in [0.15, 0.2) is 24.4 Å². The van der Waals surface area contributed by atoms with Crippen LogP contribution in [-0.2, 0) is 0 Å². The van der Waals surface area contributed by atoms with Gasteiger partial charge in [-0.3, -0.25) is 9.72 Å². The van der Waals surface area contributed by atoms with Crippen molar-refractivity contribution < 1.29 is 9.90 Å². The van der Waals surface area contributed by atoms with E-state index in [1.54, 1.807) is 16.7 Å². The summed E-state index contributed by atoms with van der Waals surface area (Å²) in [6, 6.07) is 5.12. The molecule has 19 heavy (non-hydrogen) atoms. The van der Waals surface area contributed by atoms with Crippen molar-refractivity contribution in [2.75, 3.05) is 11.9 Å². The van der Waals surface area contributed by atoms with Crippen LogP contribution in [0, 0.1) is 0 Å². The topological polar surface area (TPSA) is 91.5 Å². The number of nitrogens with one attached hydrogen (secondary N) is 2. The van der Waals surface area contributed by atoms with Crippen LogP contribution < -0.4 is 10.6 Å². The maximum Gasteiger partial charge on any atom is 0.321 e. The predicted molar refractivity (Wildman–Crippen MR) is 70.9 cm³/mol. The third kappa shape index (κ3) is 3.41. The summed E-state index contributed by atoms with van der Waals surface area (Å²) in [6.07, 6.45) is 2.60. The molecule has 102 valence electrons. The van der Waals surface area contributed by atoms with Crippen LogP contribution in [0.25, 0.3) is 5.65 Å². The van der Waals surface area contributed by atoms with Crippen LogP contribution in [0.1, 0.15) is 19.8 Å². The van der Waals surface area contributed by atoms with Crippen molar-refractivity contribution in [2.24, 2.45) is 0 Å². The van der Waals surface area contributed by atoms with Crippen molar-refractivity contribution >= 4 is 17.6 Å². The zero-order chi connectivity index (χ0) is 13.7. The largest absolute Gasteiger partial charge is 0.393 e. The highest BCUT2D eigenvalue weighted by molar-refractivity contribution is 5.87. The molecule has 1 unspecified atom stereocenters. The van der Waals surface area contributed by atoms with E-state index in [4.69, 9.17) is 0 Å². The molecular formula is C12H17N5O2. The quantitative estimate of drug-likeness (QED) is 0.750. The van der Waals surface area contributed by atoms with Crippen molar-refractivity contribution in [3.05, 3.63) is 24.4 Å². The van der Waals surface area contributed by atoms with E-state index in [0.717, 1.165) is 0 Å². The molecule has 0 aromatic carbocycles. The van der Waals surface area contributed by atoms with E-state index in [1.807, 2.05) is 19.1 Å². The fourth-order valence-electron chi connectivity index (χ4n) is 1.63. The second-order valence-electron chi connectivity index (χ2n) is 4.18. The van der Waals surface area contributed by atoms with E-state index in [1.165, 1.54) is 0 Å². The first-order valence-electron chi connectivity index (χ1n) is 6.23. The number of amides is 2. The molecule has 2 amide bonds. The molecule has 0 aliphatic carbocycles. The van der Waals surface area contributed by atoms with Gasteiger partial charge < -0.3 is 10.4 Å². The van der Waals surface area contributed by atoms with Gasteiger partial charge in [0, 0.05) is 12.7 Å². The lowest BCUT2D eigenvalue weighted by Gasteiger charge is -2.09. The summed E-state index contributed by atoms with van der Waals surface area (Å²) in [7, 11) is 0. The van der Waals surface area contributed by atoms with Crippen molar-refractivity contribution in [1.29, 1.82) is 0 Å². The maximum absolute atomic E-state index is 11.6. The Hall–Kier alpha value is -2.15. The first-order chi connectivity index (χ1) is 9.20. The molecule has 0 aliphatic heterocycles. The minimum atomic E-state index is -0.380. The first kappa shape index (κ1) is 13.3. The number of urea groups is 1. The second-order valence-corrected chi connectivity index (χ2v) is 4.18. The predicted octanol–water partition coefficient (Wildman–Crippen LogP) is 1.01. The Kier molecular flexibility index (Phi) is 4.30. The Morgan fingerprint density at radius 2 is 2.32 bits per heavy atom. The summed E-state index contributed by atoms with van der Waals surface area (Å²) < 4.78 is 1.68. The summed E-state index contributed by atoms with van der Waals surface area (Å²) in [4.78, 5) is 11.6. The number of carbonyl (C=O) groups excluding carboxylic acids is 1. The van der Waals surface area contributed by atoms with Crippen molar-refractivity contribution in [1.82, 2.24) is 19.9 Å². The number of hydrogen-bond acceptors (Lipinski definition) is 4. The number of pyridine rings is 1. The van der Waals surface area contributed by atoms with Gasteiger partial charge in [0.1, 0.15) is 0 Å². The number of aromatic nitrogens is 3. The van der Waals surface area contributed by atoms with Crippen LogP contribution in [0.3, 0.4) is 0 Å². The number of aliphatic hydroxyl groups is 1. The van der Waals surface area contributed by atoms with Crippen LogP contribution in [0.2, 0.25) is 0 Å². The lowest BCUT2D eigenvalue weighted by Crippen LogP contribution is -2.31. The van der Waals surface area contributed by atoms with Gasteiger partial charge in [0.05, 0.1) is 6.10 Å². The SMILES string of the molecule is CCC(O)CCNC(=O)Nc1nnc2ccccn12. The highest BCUT2D eigenvalue weighted by atomic mass is 16.3. The van der Waals surface area contributed by atoms with Gasteiger partial charge in [0.25, 0.3) is 0 Å². The number of aliphatic hydroxyl groups excluding tert-OH is 1. The summed E-state index contributed by atoms with van der Waals surface area (Å²) in [5.41, 5.74) is 0.666. The van der Waals surface area contributed by atoms with Gasteiger partial charge in [0.2, 0.25) is 5.95 Å². The van der Waals surface area contributed by atoms with Crippen LogP contribution in [0.5, 0.6) is 0 Å². The zero-order valence-corrected chi connectivity index (χ0v) is 10.7. The van der Waals surface area contributed by atoms with Gasteiger partial charge >= 0.3 is 6.03 Å². The smallest absolute Gasteiger partial charge is 0.321 e. The minimum Gasteiger partial charge on any atom is -0.393 e. The third-order valence-corrected chi connectivity index (χ3v) is 2.77. The molecule has 0 spiro atoms. The van der Waals surface area contributed by atoms with Gasteiger partial charge in [-0.2, -0.15) is 0 Å². The van der Waals surface area contributed by atoms with E-state index in [9.17, 15) is 9.90 Å². The van der Waals surface area contributed by atoms with Gasteiger partial charge in [-0.25, -0.2) is 4.79 Å². The molecule has 3 N–H and O–H groups in total. The summed E-state index contributed by atoms with van der Waals surface area (Å²) >= 11 is 0. The van der Waals surface area contributed by atoms with E-state index < -0.39 is 0 Å². The average Bonchev–Trinajstić information content (AvgIpc) is 2.82. The highest BCUT2D eigenvalue weighted by Gasteiger charge is 2.08. The maximum atomic E-state index is 11.6. The zero-order valence-electron chi connectivity index (χ0n) is 10.7. The third-order valence-electron chi connectivity index (χ3n) is 2.77. The van der Waals surface area contributed by atoms with E-state index >= 15 is 0 Å². The fourth-order valence-corrected chi connectivity index (χ4v) is 1.63. The molecule has 7 heteroatoms. The van der Waals surface area contributed by atoms with Crippen LogP contribution >= 0.6 is 0 Å². The minimum absolute atomic E-state index is 0.360. The molecule has 2 aromatic rings. The Bertz CT molecular complexity index is 554. The summed E-state index contributed by atoms with van der Waals surface area (Å²) in [5, 5.41) is 22.5.